The Hall–Kier alpha value is -2.89. The second kappa shape index (κ2) is 10.3. The van der Waals surface area contributed by atoms with Gasteiger partial charge in [-0.2, -0.15) is 0 Å². The molecule has 0 aromatic heterocycles. The van der Waals surface area contributed by atoms with Crippen LogP contribution in [0.3, 0.4) is 0 Å². The normalized spacial score (nSPS) is 10.2. The first-order valence-electron chi connectivity index (χ1n) is 9.24. The van der Waals surface area contributed by atoms with Crippen LogP contribution in [0.25, 0.3) is 0 Å². The van der Waals surface area contributed by atoms with E-state index >= 15 is 0 Å². The molecule has 0 aliphatic carbocycles. The summed E-state index contributed by atoms with van der Waals surface area (Å²) in [5.41, 5.74) is 3.00. The van der Waals surface area contributed by atoms with E-state index < -0.39 is 0 Å². The molecule has 0 saturated carbocycles. The number of methoxy groups -OCH3 is 1. The van der Waals surface area contributed by atoms with Crippen molar-refractivity contribution in [1.29, 1.82) is 0 Å². The number of carbonyl (C=O) groups is 1. The highest BCUT2D eigenvalue weighted by atomic mass is 16.5. The van der Waals surface area contributed by atoms with Crippen LogP contribution >= 0.6 is 0 Å². The Balaban J connectivity index is 1.78. The van der Waals surface area contributed by atoms with Crippen LogP contribution in [0.1, 0.15) is 19.4 Å². The minimum absolute atomic E-state index is 0.243. The number of rotatable bonds is 9. The fourth-order valence-corrected chi connectivity index (χ4v) is 2.75. The molecule has 2 aromatic carbocycles. The quantitative estimate of drug-likeness (QED) is 0.653. The van der Waals surface area contributed by atoms with Crippen LogP contribution in [-0.2, 0) is 0 Å². The highest BCUT2D eigenvalue weighted by Gasteiger charge is 2.07. The van der Waals surface area contributed by atoms with Gasteiger partial charge in [-0.15, -0.1) is 0 Å². The first kappa shape index (κ1) is 20.4. The molecule has 0 heterocycles. The topological polar surface area (TPSA) is 62.8 Å². The Kier molecular flexibility index (Phi) is 7.79. The number of urea groups is 1. The summed E-state index contributed by atoms with van der Waals surface area (Å²) in [6.07, 6.45) is 0. The molecule has 0 aliphatic rings. The molecular weight excluding hydrogens is 342 g/mol. The molecule has 0 atom stereocenters. The summed E-state index contributed by atoms with van der Waals surface area (Å²) in [5.74, 6) is 1.52. The molecule has 0 bridgehead atoms. The largest absolute Gasteiger partial charge is 0.497 e. The van der Waals surface area contributed by atoms with E-state index in [1.54, 1.807) is 7.11 Å². The summed E-state index contributed by atoms with van der Waals surface area (Å²) in [6, 6.07) is 13.2. The van der Waals surface area contributed by atoms with Gasteiger partial charge in [0.25, 0.3) is 0 Å². The van der Waals surface area contributed by atoms with E-state index in [0.717, 1.165) is 41.5 Å². The maximum atomic E-state index is 12.1. The number of carbonyl (C=O) groups excluding carboxylic acids is 1. The Morgan fingerprint density at radius 2 is 1.70 bits per heavy atom. The van der Waals surface area contributed by atoms with Crippen molar-refractivity contribution in [2.24, 2.45) is 0 Å². The number of anilines is 2. The molecule has 2 rings (SSSR count). The summed E-state index contributed by atoms with van der Waals surface area (Å²) in [5, 5.41) is 5.69. The summed E-state index contributed by atoms with van der Waals surface area (Å²) in [7, 11) is 1.62. The number of aryl methyl sites for hydroxylation is 1. The first-order chi connectivity index (χ1) is 13.1. The minimum atomic E-state index is -0.243. The van der Waals surface area contributed by atoms with Gasteiger partial charge in [0.15, 0.2) is 0 Å². The second-order valence-electron chi connectivity index (χ2n) is 6.08. The number of nitrogens with one attached hydrogen (secondary N) is 2. The highest BCUT2D eigenvalue weighted by molar-refractivity contribution is 5.90. The van der Waals surface area contributed by atoms with Crippen molar-refractivity contribution in [3.05, 3.63) is 48.0 Å². The second-order valence-corrected chi connectivity index (χ2v) is 6.08. The summed E-state index contributed by atoms with van der Waals surface area (Å²) < 4.78 is 10.7. The van der Waals surface area contributed by atoms with E-state index in [1.165, 1.54) is 0 Å². The Morgan fingerprint density at radius 3 is 2.30 bits per heavy atom. The molecule has 27 heavy (non-hydrogen) atoms. The van der Waals surface area contributed by atoms with E-state index in [9.17, 15) is 4.79 Å². The molecule has 6 nitrogen and oxygen atoms in total. The lowest BCUT2D eigenvalue weighted by atomic mass is 10.1. The van der Waals surface area contributed by atoms with Gasteiger partial charge in [0.05, 0.1) is 13.7 Å². The SMILES string of the molecule is CCN(CC)c1ccc(NC(=O)NCCOc2ccc(OC)cc2)c(C)c1. The predicted octanol–water partition coefficient (Wildman–Crippen LogP) is 4.05. The van der Waals surface area contributed by atoms with E-state index in [-0.39, 0.29) is 6.03 Å². The smallest absolute Gasteiger partial charge is 0.319 e. The third-order valence-electron chi connectivity index (χ3n) is 4.30. The van der Waals surface area contributed by atoms with Gasteiger partial charge in [-0.1, -0.05) is 0 Å². The average Bonchev–Trinajstić information content (AvgIpc) is 2.68. The Bertz CT molecular complexity index is 728. The highest BCUT2D eigenvalue weighted by Crippen LogP contribution is 2.22. The van der Waals surface area contributed by atoms with Crippen molar-refractivity contribution in [3.63, 3.8) is 0 Å². The lowest BCUT2D eigenvalue weighted by Gasteiger charge is -2.22. The predicted molar refractivity (Wildman–Crippen MR) is 110 cm³/mol. The van der Waals surface area contributed by atoms with Gasteiger partial charge in [-0.25, -0.2) is 4.79 Å². The van der Waals surface area contributed by atoms with Crippen LogP contribution in [-0.4, -0.2) is 39.4 Å². The molecule has 2 aromatic rings. The number of amides is 2. The van der Waals surface area contributed by atoms with Crippen molar-refractivity contribution in [2.75, 3.05) is 43.6 Å². The summed E-state index contributed by atoms with van der Waals surface area (Å²) in [4.78, 5) is 14.4. The van der Waals surface area contributed by atoms with Gasteiger partial charge in [0.1, 0.15) is 18.1 Å². The maximum Gasteiger partial charge on any atom is 0.319 e. The number of benzene rings is 2. The van der Waals surface area contributed by atoms with E-state index in [2.05, 4.69) is 35.4 Å². The van der Waals surface area contributed by atoms with Crippen LogP contribution in [0.5, 0.6) is 11.5 Å². The number of hydrogen-bond acceptors (Lipinski definition) is 4. The van der Waals surface area contributed by atoms with Crippen molar-refractivity contribution < 1.29 is 14.3 Å². The molecule has 0 unspecified atom stereocenters. The van der Waals surface area contributed by atoms with Gasteiger partial charge >= 0.3 is 6.03 Å². The van der Waals surface area contributed by atoms with Gasteiger partial charge in [-0.05, 0) is 68.8 Å². The summed E-state index contributed by atoms with van der Waals surface area (Å²) in [6.45, 7) is 8.97. The number of hydrogen-bond donors (Lipinski definition) is 2. The minimum Gasteiger partial charge on any atom is -0.497 e. The third kappa shape index (κ3) is 6.09. The molecular formula is C21H29N3O3. The molecule has 0 aliphatic heterocycles. The van der Waals surface area contributed by atoms with Gasteiger partial charge < -0.3 is 25.0 Å². The molecule has 0 saturated heterocycles. The summed E-state index contributed by atoms with van der Waals surface area (Å²) >= 11 is 0. The van der Waals surface area contributed by atoms with Crippen molar-refractivity contribution in [3.8, 4) is 11.5 Å². The fourth-order valence-electron chi connectivity index (χ4n) is 2.75. The number of ether oxygens (including phenoxy) is 2. The average molecular weight is 371 g/mol. The molecule has 0 radical (unpaired) electrons. The van der Waals surface area contributed by atoms with Crippen LogP contribution in [0.2, 0.25) is 0 Å². The lowest BCUT2D eigenvalue weighted by Crippen LogP contribution is -2.32. The molecule has 146 valence electrons. The van der Waals surface area contributed by atoms with E-state index in [1.807, 2.05) is 43.3 Å². The van der Waals surface area contributed by atoms with Gasteiger partial charge in [0.2, 0.25) is 0 Å². The van der Waals surface area contributed by atoms with Crippen molar-refractivity contribution >= 4 is 17.4 Å². The fraction of sp³-hybridized carbons (Fsp3) is 0.381. The van der Waals surface area contributed by atoms with Gasteiger partial charge in [-0.3, -0.25) is 0 Å². The maximum absolute atomic E-state index is 12.1. The monoisotopic (exact) mass is 371 g/mol. The zero-order valence-electron chi connectivity index (χ0n) is 16.5. The Labute approximate surface area is 161 Å². The van der Waals surface area contributed by atoms with E-state index in [4.69, 9.17) is 9.47 Å². The van der Waals surface area contributed by atoms with Crippen LogP contribution in [0, 0.1) is 6.92 Å². The van der Waals surface area contributed by atoms with Crippen LogP contribution in [0.4, 0.5) is 16.2 Å². The Morgan fingerprint density at radius 1 is 1.04 bits per heavy atom. The van der Waals surface area contributed by atoms with Crippen molar-refractivity contribution in [2.45, 2.75) is 20.8 Å². The molecule has 2 N–H and O–H groups in total. The molecule has 2 amide bonds. The van der Waals surface area contributed by atoms with Gasteiger partial charge in [0, 0.05) is 24.5 Å². The standard InChI is InChI=1S/C21H29N3O3/c1-5-24(6-2)17-7-12-20(16(3)15-17)23-21(25)22-13-14-27-19-10-8-18(26-4)9-11-19/h7-12,15H,5-6,13-14H2,1-4H3,(H2,22,23,25). The molecule has 0 fully saturated rings. The third-order valence-corrected chi connectivity index (χ3v) is 4.30. The lowest BCUT2D eigenvalue weighted by molar-refractivity contribution is 0.247. The number of nitrogens with zero attached hydrogens (tertiary/aromatic N) is 1. The zero-order valence-corrected chi connectivity index (χ0v) is 16.5. The first-order valence-corrected chi connectivity index (χ1v) is 9.24. The zero-order chi connectivity index (χ0) is 19.6. The van der Waals surface area contributed by atoms with E-state index in [0.29, 0.717) is 13.2 Å². The molecule has 6 heteroatoms. The van der Waals surface area contributed by atoms with Crippen LogP contribution in [0.15, 0.2) is 42.5 Å². The van der Waals surface area contributed by atoms with Crippen LogP contribution < -0.4 is 25.0 Å². The molecule has 0 spiro atoms. The van der Waals surface area contributed by atoms with Crippen molar-refractivity contribution in [1.82, 2.24) is 5.32 Å².